The van der Waals surface area contributed by atoms with Crippen LogP contribution in [0.1, 0.15) is 43.4 Å². The van der Waals surface area contributed by atoms with Gasteiger partial charge in [0.25, 0.3) is 0 Å². The molecule has 1 aromatic carbocycles. The van der Waals surface area contributed by atoms with Gasteiger partial charge in [-0.25, -0.2) is 4.98 Å². The Kier molecular flexibility index (Phi) is 6.21. The smallest absolute Gasteiger partial charge is 0.229 e. The molecule has 2 fully saturated rings. The van der Waals surface area contributed by atoms with Gasteiger partial charge in [-0.15, -0.1) is 0 Å². The quantitative estimate of drug-likeness (QED) is 0.613. The third-order valence-corrected chi connectivity index (χ3v) is 7.25. The van der Waals surface area contributed by atoms with Gasteiger partial charge in [0.15, 0.2) is 5.65 Å². The Balaban J connectivity index is 1.26. The van der Waals surface area contributed by atoms with Crippen molar-refractivity contribution in [2.45, 2.75) is 44.9 Å². The zero-order chi connectivity index (χ0) is 21.8. The highest BCUT2D eigenvalue weighted by molar-refractivity contribution is 5.83. The van der Waals surface area contributed by atoms with Gasteiger partial charge in [-0.2, -0.15) is 0 Å². The Morgan fingerprint density at radius 1 is 1.09 bits per heavy atom. The van der Waals surface area contributed by atoms with Crippen molar-refractivity contribution in [3.63, 3.8) is 0 Å². The first-order valence-corrected chi connectivity index (χ1v) is 11.9. The van der Waals surface area contributed by atoms with E-state index in [9.17, 15) is 4.79 Å². The van der Waals surface area contributed by atoms with E-state index in [4.69, 9.17) is 4.74 Å². The molecule has 2 aromatic heterocycles. The molecule has 2 saturated heterocycles. The van der Waals surface area contributed by atoms with Crippen molar-refractivity contribution in [2.75, 3.05) is 26.3 Å². The maximum absolute atomic E-state index is 13.9. The molecule has 4 heterocycles. The number of imidazole rings is 1. The maximum Gasteiger partial charge on any atom is 0.229 e. The number of carbonyl (C=O) groups is 1. The number of amides is 1. The molecule has 0 N–H and O–H groups in total. The standard InChI is InChI=1S/C26H32N4O2/c31-25(26(9-15-32-16-10-26)18-22-5-2-1-3-6-22)29-12-4-7-21(8-13-29)17-23-20-30-14-11-27-24(30)19-28-23/h1-3,5-6,11,14,19-21H,4,7-10,12-13,15-18H2/t21-/m1/s1. The zero-order valence-electron chi connectivity index (χ0n) is 18.7. The second kappa shape index (κ2) is 9.41. The Morgan fingerprint density at radius 2 is 1.94 bits per heavy atom. The summed E-state index contributed by atoms with van der Waals surface area (Å²) < 4.78 is 7.68. The first kappa shape index (κ1) is 21.1. The maximum atomic E-state index is 13.9. The summed E-state index contributed by atoms with van der Waals surface area (Å²) in [6.07, 6.45) is 14.3. The van der Waals surface area contributed by atoms with Crippen molar-refractivity contribution in [3.05, 3.63) is 66.4 Å². The highest BCUT2D eigenvalue weighted by Crippen LogP contribution is 2.37. The molecule has 5 rings (SSSR count). The molecule has 0 unspecified atom stereocenters. The topological polar surface area (TPSA) is 59.7 Å². The van der Waals surface area contributed by atoms with Gasteiger partial charge in [-0.3, -0.25) is 9.78 Å². The molecule has 6 heteroatoms. The van der Waals surface area contributed by atoms with Crippen molar-refractivity contribution >= 4 is 11.6 Å². The first-order chi connectivity index (χ1) is 15.7. The summed E-state index contributed by atoms with van der Waals surface area (Å²) in [5.74, 6) is 0.893. The monoisotopic (exact) mass is 432 g/mol. The molecule has 1 atom stereocenters. The lowest BCUT2D eigenvalue weighted by Gasteiger charge is -2.40. The van der Waals surface area contributed by atoms with Gasteiger partial charge in [-0.1, -0.05) is 30.3 Å². The summed E-state index contributed by atoms with van der Waals surface area (Å²) in [4.78, 5) is 24.9. The molecule has 0 radical (unpaired) electrons. The summed E-state index contributed by atoms with van der Waals surface area (Å²) in [5, 5.41) is 0. The van der Waals surface area contributed by atoms with Gasteiger partial charge < -0.3 is 14.0 Å². The van der Waals surface area contributed by atoms with E-state index < -0.39 is 0 Å². The molecule has 2 aliphatic rings. The van der Waals surface area contributed by atoms with Gasteiger partial charge in [0, 0.05) is 44.9 Å². The fraction of sp³-hybridized carbons (Fsp3) is 0.500. The van der Waals surface area contributed by atoms with Crippen molar-refractivity contribution in [2.24, 2.45) is 11.3 Å². The largest absolute Gasteiger partial charge is 0.381 e. The molecular weight excluding hydrogens is 400 g/mol. The summed E-state index contributed by atoms with van der Waals surface area (Å²) in [7, 11) is 0. The van der Waals surface area contributed by atoms with Crippen LogP contribution in [-0.4, -0.2) is 51.5 Å². The molecule has 3 aromatic rings. The van der Waals surface area contributed by atoms with Gasteiger partial charge in [0.05, 0.1) is 17.3 Å². The summed E-state index contributed by atoms with van der Waals surface area (Å²) >= 11 is 0. The van der Waals surface area contributed by atoms with Gasteiger partial charge >= 0.3 is 0 Å². The van der Waals surface area contributed by atoms with Gasteiger partial charge in [-0.05, 0) is 56.4 Å². The normalized spacial score (nSPS) is 21.4. The fourth-order valence-corrected chi connectivity index (χ4v) is 5.39. The number of ether oxygens (including phenoxy) is 1. The average Bonchev–Trinajstić information content (AvgIpc) is 3.17. The molecule has 6 nitrogen and oxygen atoms in total. The molecule has 0 aliphatic carbocycles. The average molecular weight is 433 g/mol. The molecule has 32 heavy (non-hydrogen) atoms. The van der Waals surface area contributed by atoms with Crippen LogP contribution in [-0.2, 0) is 22.4 Å². The Labute approximate surface area is 189 Å². The minimum absolute atomic E-state index is 0.326. The molecular formula is C26H32N4O2. The van der Waals surface area contributed by atoms with E-state index in [2.05, 4.69) is 45.3 Å². The summed E-state index contributed by atoms with van der Waals surface area (Å²) in [6, 6.07) is 10.5. The van der Waals surface area contributed by atoms with Crippen LogP contribution in [0.25, 0.3) is 5.65 Å². The van der Waals surface area contributed by atoms with Crippen LogP contribution in [0.2, 0.25) is 0 Å². The van der Waals surface area contributed by atoms with Crippen molar-refractivity contribution in [1.29, 1.82) is 0 Å². The van der Waals surface area contributed by atoms with E-state index in [1.807, 2.05) is 22.9 Å². The lowest BCUT2D eigenvalue weighted by Crippen LogP contribution is -2.48. The second-order valence-corrected chi connectivity index (χ2v) is 9.42. The van der Waals surface area contributed by atoms with E-state index in [-0.39, 0.29) is 5.41 Å². The van der Waals surface area contributed by atoms with Crippen LogP contribution in [0.15, 0.2) is 55.1 Å². The fourth-order valence-electron chi connectivity index (χ4n) is 5.39. The van der Waals surface area contributed by atoms with E-state index in [1.54, 1.807) is 6.20 Å². The highest BCUT2D eigenvalue weighted by atomic mass is 16.5. The molecule has 0 spiro atoms. The predicted molar refractivity (Wildman–Crippen MR) is 123 cm³/mol. The van der Waals surface area contributed by atoms with Crippen LogP contribution in [0.5, 0.6) is 0 Å². The van der Waals surface area contributed by atoms with Crippen molar-refractivity contribution < 1.29 is 9.53 Å². The van der Waals surface area contributed by atoms with Crippen LogP contribution >= 0.6 is 0 Å². The second-order valence-electron chi connectivity index (χ2n) is 9.42. The van der Waals surface area contributed by atoms with E-state index in [0.717, 1.165) is 69.4 Å². The SMILES string of the molecule is O=C(N1CCC[C@@H](Cc2cn3ccnc3cn2)CC1)C1(Cc2ccccc2)CCOCC1. The Hall–Kier alpha value is -2.73. The zero-order valence-corrected chi connectivity index (χ0v) is 18.7. The van der Waals surface area contributed by atoms with Gasteiger partial charge in [0.1, 0.15) is 0 Å². The molecule has 2 aliphatic heterocycles. The highest BCUT2D eigenvalue weighted by Gasteiger charge is 2.42. The van der Waals surface area contributed by atoms with Crippen LogP contribution in [0.4, 0.5) is 0 Å². The van der Waals surface area contributed by atoms with E-state index >= 15 is 0 Å². The minimum atomic E-state index is -0.326. The van der Waals surface area contributed by atoms with E-state index in [0.29, 0.717) is 25.0 Å². The Morgan fingerprint density at radius 3 is 2.78 bits per heavy atom. The minimum Gasteiger partial charge on any atom is -0.381 e. The number of likely N-dealkylation sites (tertiary alicyclic amines) is 1. The number of hydrogen-bond donors (Lipinski definition) is 0. The Bertz CT molecular complexity index is 1040. The summed E-state index contributed by atoms with van der Waals surface area (Å²) in [5.41, 5.74) is 2.90. The first-order valence-electron chi connectivity index (χ1n) is 11.9. The van der Waals surface area contributed by atoms with Crippen molar-refractivity contribution in [1.82, 2.24) is 19.3 Å². The molecule has 0 bridgehead atoms. The van der Waals surface area contributed by atoms with Crippen LogP contribution in [0, 0.1) is 11.3 Å². The molecule has 168 valence electrons. The lowest BCUT2D eigenvalue weighted by molar-refractivity contribution is -0.148. The number of rotatable bonds is 5. The third-order valence-electron chi connectivity index (χ3n) is 7.25. The number of nitrogens with zero attached hydrogens (tertiary/aromatic N) is 4. The van der Waals surface area contributed by atoms with Crippen molar-refractivity contribution in [3.8, 4) is 0 Å². The van der Waals surface area contributed by atoms with Gasteiger partial charge in [0.2, 0.25) is 5.91 Å². The predicted octanol–water partition coefficient (Wildman–Crippen LogP) is 3.94. The molecule has 1 amide bonds. The number of aromatic nitrogens is 3. The van der Waals surface area contributed by atoms with Crippen LogP contribution in [0.3, 0.4) is 0 Å². The van der Waals surface area contributed by atoms with E-state index in [1.165, 1.54) is 5.56 Å². The summed E-state index contributed by atoms with van der Waals surface area (Å²) in [6.45, 7) is 3.06. The third kappa shape index (κ3) is 4.56. The van der Waals surface area contributed by atoms with Crippen LogP contribution < -0.4 is 0 Å². The number of fused-ring (bicyclic) bond motifs is 1. The molecule has 0 saturated carbocycles. The number of carbonyl (C=O) groups excluding carboxylic acids is 1. The lowest BCUT2D eigenvalue weighted by atomic mass is 9.74. The number of benzene rings is 1. The number of hydrogen-bond acceptors (Lipinski definition) is 4.